The molecule has 6 nitrogen and oxygen atoms in total. The van der Waals surface area contributed by atoms with Gasteiger partial charge in [-0.2, -0.15) is 0 Å². The molecule has 1 N–H and O–H groups in total. The van der Waals surface area contributed by atoms with Crippen molar-refractivity contribution < 1.29 is 9.53 Å². The van der Waals surface area contributed by atoms with Crippen molar-refractivity contribution in [1.29, 1.82) is 0 Å². The quantitative estimate of drug-likeness (QED) is 0.719. The third kappa shape index (κ3) is 4.92. The lowest BCUT2D eigenvalue weighted by Crippen LogP contribution is -2.44. The van der Waals surface area contributed by atoms with Gasteiger partial charge in [0.25, 0.3) is 5.91 Å². The van der Waals surface area contributed by atoms with E-state index in [4.69, 9.17) is 4.74 Å². The Balaban J connectivity index is 1.35. The summed E-state index contributed by atoms with van der Waals surface area (Å²) < 4.78 is 5.77. The van der Waals surface area contributed by atoms with Crippen molar-refractivity contribution in [3.63, 3.8) is 0 Å². The zero-order chi connectivity index (χ0) is 20.1. The molecule has 1 fully saturated rings. The number of para-hydroxylation sites is 1. The first kappa shape index (κ1) is 19.0. The Kier molecular flexibility index (Phi) is 5.72. The van der Waals surface area contributed by atoms with Crippen LogP contribution in [0.2, 0.25) is 0 Å². The van der Waals surface area contributed by atoms with Gasteiger partial charge >= 0.3 is 0 Å². The second-order valence-corrected chi connectivity index (χ2v) is 7.09. The van der Waals surface area contributed by atoms with Crippen molar-refractivity contribution in [3.8, 4) is 11.5 Å². The number of amides is 1. The first-order valence-corrected chi connectivity index (χ1v) is 9.71. The van der Waals surface area contributed by atoms with Crippen LogP contribution < -0.4 is 15.0 Å². The zero-order valence-electron chi connectivity index (χ0n) is 16.4. The minimum absolute atomic E-state index is 0.181. The summed E-state index contributed by atoms with van der Waals surface area (Å²) >= 11 is 0. The molecule has 29 heavy (non-hydrogen) atoms. The number of carbonyl (C=O) groups excluding carboxylic acids is 1. The van der Waals surface area contributed by atoms with Crippen LogP contribution in [0.1, 0.15) is 10.4 Å². The molecule has 0 atom stereocenters. The van der Waals surface area contributed by atoms with E-state index in [0.717, 1.165) is 37.7 Å². The van der Waals surface area contributed by atoms with E-state index < -0.39 is 0 Å². The average molecular weight is 388 g/mol. The highest BCUT2D eigenvalue weighted by Crippen LogP contribution is 2.23. The third-order valence-electron chi connectivity index (χ3n) is 4.93. The van der Waals surface area contributed by atoms with Crippen molar-refractivity contribution in [2.24, 2.45) is 0 Å². The third-order valence-corrected chi connectivity index (χ3v) is 4.93. The molecular formula is C23H24N4O2. The highest BCUT2D eigenvalue weighted by atomic mass is 16.5. The number of benzene rings is 2. The van der Waals surface area contributed by atoms with Crippen molar-refractivity contribution >= 4 is 17.4 Å². The monoisotopic (exact) mass is 388 g/mol. The number of likely N-dealkylation sites (N-methyl/N-ethyl adjacent to an activating group) is 1. The number of hydrogen-bond donors (Lipinski definition) is 1. The van der Waals surface area contributed by atoms with Gasteiger partial charge in [0, 0.05) is 38.1 Å². The van der Waals surface area contributed by atoms with Gasteiger partial charge in [-0.15, -0.1) is 0 Å². The van der Waals surface area contributed by atoms with Gasteiger partial charge in [-0.25, -0.2) is 4.98 Å². The smallest absolute Gasteiger partial charge is 0.257 e. The summed E-state index contributed by atoms with van der Waals surface area (Å²) in [5.41, 5.74) is 1.24. The second-order valence-electron chi connectivity index (χ2n) is 7.09. The Hall–Kier alpha value is -3.38. The topological polar surface area (TPSA) is 57.7 Å². The maximum atomic E-state index is 12.5. The van der Waals surface area contributed by atoms with Crippen LogP contribution in [0.5, 0.6) is 11.5 Å². The lowest BCUT2D eigenvalue weighted by molar-refractivity contribution is 0.102. The predicted molar refractivity (Wildman–Crippen MR) is 115 cm³/mol. The van der Waals surface area contributed by atoms with Crippen LogP contribution in [-0.4, -0.2) is 49.0 Å². The van der Waals surface area contributed by atoms with E-state index in [9.17, 15) is 4.79 Å². The maximum absolute atomic E-state index is 12.5. The number of ether oxygens (including phenoxy) is 1. The standard InChI is InChI=1S/C23H24N4O2/c1-26-13-15-27(16-14-26)22-12-7-18(17-24-22)23(28)25-19-8-10-21(11-9-19)29-20-5-3-2-4-6-20/h2-12,17H,13-16H2,1H3,(H,25,28). The molecule has 2 aromatic carbocycles. The fraction of sp³-hybridized carbons (Fsp3) is 0.217. The van der Waals surface area contributed by atoms with Crippen LogP contribution in [0.15, 0.2) is 72.9 Å². The minimum atomic E-state index is -0.181. The largest absolute Gasteiger partial charge is 0.457 e. The Bertz CT molecular complexity index is 935. The fourth-order valence-corrected chi connectivity index (χ4v) is 3.18. The van der Waals surface area contributed by atoms with Crippen LogP contribution >= 0.6 is 0 Å². The van der Waals surface area contributed by atoms with Gasteiger partial charge in [-0.1, -0.05) is 18.2 Å². The van der Waals surface area contributed by atoms with Gasteiger partial charge < -0.3 is 19.9 Å². The lowest BCUT2D eigenvalue weighted by Gasteiger charge is -2.33. The van der Waals surface area contributed by atoms with Crippen molar-refractivity contribution in [1.82, 2.24) is 9.88 Å². The molecule has 1 saturated heterocycles. The van der Waals surface area contributed by atoms with E-state index in [0.29, 0.717) is 17.0 Å². The first-order valence-electron chi connectivity index (χ1n) is 9.71. The summed E-state index contributed by atoms with van der Waals surface area (Å²) in [6.07, 6.45) is 1.63. The summed E-state index contributed by atoms with van der Waals surface area (Å²) in [5, 5.41) is 2.90. The van der Waals surface area contributed by atoms with E-state index in [2.05, 4.69) is 27.1 Å². The number of hydrogen-bond acceptors (Lipinski definition) is 5. The molecular weight excluding hydrogens is 364 g/mol. The van der Waals surface area contributed by atoms with Crippen molar-refractivity contribution in [3.05, 3.63) is 78.5 Å². The minimum Gasteiger partial charge on any atom is -0.457 e. The first-order chi connectivity index (χ1) is 14.2. The second kappa shape index (κ2) is 8.75. The van der Waals surface area contributed by atoms with Gasteiger partial charge in [0.15, 0.2) is 0 Å². The summed E-state index contributed by atoms with van der Waals surface area (Å²) in [4.78, 5) is 21.5. The summed E-state index contributed by atoms with van der Waals surface area (Å²) in [7, 11) is 2.12. The Labute approximate surface area is 170 Å². The average Bonchev–Trinajstić information content (AvgIpc) is 2.76. The predicted octanol–water partition coefficient (Wildman–Crippen LogP) is 3.88. The van der Waals surface area contributed by atoms with Gasteiger partial charge in [0.2, 0.25) is 0 Å². The van der Waals surface area contributed by atoms with Crippen LogP contribution in [0.3, 0.4) is 0 Å². The Morgan fingerprint density at radius 1 is 0.897 bits per heavy atom. The molecule has 4 rings (SSSR count). The van der Waals surface area contributed by atoms with Gasteiger partial charge in [-0.05, 0) is 55.6 Å². The molecule has 3 aromatic rings. The molecule has 0 aliphatic carbocycles. The van der Waals surface area contributed by atoms with Gasteiger partial charge in [-0.3, -0.25) is 4.79 Å². The molecule has 0 bridgehead atoms. The molecule has 0 spiro atoms. The van der Waals surface area contributed by atoms with Crippen molar-refractivity contribution in [2.45, 2.75) is 0 Å². The number of carbonyl (C=O) groups is 1. The van der Waals surface area contributed by atoms with E-state index in [1.807, 2.05) is 66.7 Å². The number of piperazine rings is 1. The number of nitrogens with one attached hydrogen (secondary N) is 1. The van der Waals surface area contributed by atoms with Crippen molar-refractivity contribution in [2.75, 3.05) is 43.4 Å². The van der Waals surface area contributed by atoms with Crippen LogP contribution in [0.25, 0.3) is 0 Å². The van der Waals surface area contributed by atoms with Gasteiger partial charge in [0.1, 0.15) is 17.3 Å². The molecule has 0 saturated carbocycles. The number of anilines is 2. The Morgan fingerprint density at radius 2 is 1.59 bits per heavy atom. The Morgan fingerprint density at radius 3 is 2.24 bits per heavy atom. The fourth-order valence-electron chi connectivity index (χ4n) is 3.18. The highest BCUT2D eigenvalue weighted by Gasteiger charge is 2.16. The van der Waals surface area contributed by atoms with E-state index in [1.54, 1.807) is 6.20 Å². The van der Waals surface area contributed by atoms with Crippen LogP contribution in [0, 0.1) is 0 Å². The molecule has 0 unspecified atom stereocenters. The summed E-state index contributed by atoms with van der Waals surface area (Å²) in [6, 6.07) is 20.6. The van der Waals surface area contributed by atoms with E-state index in [-0.39, 0.29) is 5.91 Å². The highest BCUT2D eigenvalue weighted by molar-refractivity contribution is 6.04. The van der Waals surface area contributed by atoms with E-state index >= 15 is 0 Å². The molecule has 6 heteroatoms. The van der Waals surface area contributed by atoms with Crippen LogP contribution in [0.4, 0.5) is 11.5 Å². The molecule has 1 aliphatic rings. The molecule has 2 heterocycles. The molecule has 1 aromatic heterocycles. The number of rotatable bonds is 5. The SMILES string of the molecule is CN1CCN(c2ccc(C(=O)Nc3ccc(Oc4ccccc4)cc3)cn2)CC1. The summed E-state index contributed by atoms with van der Waals surface area (Å²) in [5.74, 6) is 2.22. The zero-order valence-corrected chi connectivity index (χ0v) is 16.4. The van der Waals surface area contributed by atoms with E-state index in [1.165, 1.54) is 0 Å². The molecule has 1 amide bonds. The summed E-state index contributed by atoms with van der Waals surface area (Å²) in [6.45, 7) is 3.95. The molecule has 0 radical (unpaired) electrons. The number of aromatic nitrogens is 1. The maximum Gasteiger partial charge on any atom is 0.257 e. The number of pyridine rings is 1. The molecule has 1 aliphatic heterocycles. The van der Waals surface area contributed by atoms with Gasteiger partial charge in [0.05, 0.1) is 5.56 Å². The van der Waals surface area contributed by atoms with Crippen LogP contribution in [-0.2, 0) is 0 Å². The number of nitrogens with zero attached hydrogens (tertiary/aromatic N) is 3. The normalized spacial score (nSPS) is 14.4. The lowest BCUT2D eigenvalue weighted by atomic mass is 10.2. The molecule has 148 valence electrons.